The van der Waals surface area contributed by atoms with Gasteiger partial charge in [0.15, 0.2) is 0 Å². The molecular formula is C30H26Cl2FN3O3. The van der Waals surface area contributed by atoms with Crippen molar-refractivity contribution in [2.75, 3.05) is 10.6 Å². The summed E-state index contributed by atoms with van der Waals surface area (Å²) in [6.07, 6.45) is 4.72. The number of nitrogens with one attached hydrogen (secondary N) is 3. The van der Waals surface area contributed by atoms with Gasteiger partial charge < -0.3 is 10.6 Å². The Morgan fingerprint density at radius 1 is 1.03 bits per heavy atom. The number of carbonyl (C=O) groups excluding carboxylic acids is 3. The first-order chi connectivity index (χ1) is 18.8. The Bertz CT molecular complexity index is 1490. The fourth-order valence-electron chi connectivity index (χ4n) is 7.08. The zero-order valence-corrected chi connectivity index (χ0v) is 22.4. The number of aldehydes is 1. The molecule has 2 heterocycles. The average molecular weight is 566 g/mol. The van der Waals surface area contributed by atoms with E-state index in [1.54, 1.807) is 48.5 Å². The Kier molecular flexibility index (Phi) is 6.49. The molecule has 0 unspecified atom stereocenters. The molecular weight excluding hydrogens is 540 g/mol. The fourth-order valence-corrected chi connectivity index (χ4v) is 7.44. The molecule has 2 aliphatic heterocycles. The molecule has 200 valence electrons. The van der Waals surface area contributed by atoms with Gasteiger partial charge in [-0.05, 0) is 66.4 Å². The van der Waals surface area contributed by atoms with Crippen LogP contribution in [0.4, 0.5) is 15.8 Å². The predicted molar refractivity (Wildman–Crippen MR) is 149 cm³/mol. The van der Waals surface area contributed by atoms with E-state index in [0.717, 1.165) is 25.5 Å². The van der Waals surface area contributed by atoms with Crippen LogP contribution in [0.15, 0.2) is 60.7 Å². The highest BCUT2D eigenvalue weighted by Gasteiger charge is 2.72. The van der Waals surface area contributed by atoms with E-state index in [0.29, 0.717) is 40.4 Å². The molecule has 9 heteroatoms. The maximum atomic E-state index is 15.9. The van der Waals surface area contributed by atoms with Crippen molar-refractivity contribution >= 4 is 52.7 Å². The van der Waals surface area contributed by atoms with Gasteiger partial charge in [0.05, 0.1) is 11.1 Å². The minimum absolute atomic E-state index is 0.0782. The maximum Gasteiger partial charge on any atom is 0.242 e. The van der Waals surface area contributed by atoms with Crippen LogP contribution in [-0.4, -0.2) is 29.7 Å². The summed E-state index contributed by atoms with van der Waals surface area (Å²) in [5.41, 5.74) is 0.327. The van der Waals surface area contributed by atoms with Crippen LogP contribution >= 0.6 is 23.2 Å². The SMILES string of the molecule is O=Cc1ccc(NC(=O)[C@@H]2NC3(CCCCC3)[C@@]3(C(=O)Nc4cc(Cl)ccc43)[C@H]2c2cccc(Cl)c2F)cc1. The van der Waals surface area contributed by atoms with Crippen molar-refractivity contribution in [2.45, 2.75) is 55.0 Å². The lowest BCUT2D eigenvalue weighted by atomic mass is 9.55. The molecule has 6 rings (SSSR count). The Hall–Kier alpha value is -3.26. The molecule has 6 nitrogen and oxygen atoms in total. The first-order valence-electron chi connectivity index (χ1n) is 13.0. The van der Waals surface area contributed by atoms with E-state index in [-0.39, 0.29) is 16.5 Å². The molecule has 2 spiro atoms. The van der Waals surface area contributed by atoms with E-state index in [1.807, 2.05) is 6.07 Å². The van der Waals surface area contributed by atoms with Gasteiger partial charge in [-0.15, -0.1) is 0 Å². The summed E-state index contributed by atoms with van der Waals surface area (Å²) >= 11 is 12.6. The van der Waals surface area contributed by atoms with Crippen LogP contribution in [-0.2, 0) is 15.0 Å². The third kappa shape index (κ3) is 3.90. The average Bonchev–Trinajstić information content (AvgIpc) is 3.38. The maximum absolute atomic E-state index is 15.9. The van der Waals surface area contributed by atoms with Crippen LogP contribution in [0, 0.1) is 5.82 Å². The van der Waals surface area contributed by atoms with Crippen LogP contribution in [0.25, 0.3) is 0 Å². The van der Waals surface area contributed by atoms with E-state index in [9.17, 15) is 14.4 Å². The zero-order valence-electron chi connectivity index (χ0n) is 20.9. The van der Waals surface area contributed by atoms with Gasteiger partial charge in [-0.25, -0.2) is 4.39 Å². The van der Waals surface area contributed by atoms with Crippen molar-refractivity contribution in [3.63, 3.8) is 0 Å². The van der Waals surface area contributed by atoms with Crippen molar-refractivity contribution in [3.8, 4) is 0 Å². The Morgan fingerprint density at radius 2 is 1.77 bits per heavy atom. The number of anilines is 2. The standard InChI is InChI=1S/C30H26Cl2FN3O3/c31-18-9-12-21-23(15-18)35-28(39)30(21)24(20-5-4-6-22(32)25(20)33)26(36-29(30)13-2-1-3-14-29)27(38)34-19-10-7-17(16-37)8-11-19/h4-12,15-16,24,26,36H,1-3,13-14H2,(H,34,38)(H,35,39)/t24-,26+,30+/m0/s1. The number of hydrogen-bond acceptors (Lipinski definition) is 4. The van der Waals surface area contributed by atoms with E-state index in [2.05, 4.69) is 16.0 Å². The number of benzene rings is 3. The second-order valence-corrected chi connectivity index (χ2v) is 11.4. The highest BCUT2D eigenvalue weighted by molar-refractivity contribution is 6.31. The largest absolute Gasteiger partial charge is 0.325 e. The topological polar surface area (TPSA) is 87.3 Å². The molecule has 3 aromatic rings. The van der Waals surface area contributed by atoms with Crippen LogP contribution in [0.5, 0.6) is 0 Å². The summed E-state index contributed by atoms with van der Waals surface area (Å²) in [5, 5.41) is 9.91. The summed E-state index contributed by atoms with van der Waals surface area (Å²) in [6, 6.07) is 15.5. The zero-order chi connectivity index (χ0) is 27.4. The minimum Gasteiger partial charge on any atom is -0.325 e. The van der Waals surface area contributed by atoms with Gasteiger partial charge in [0.25, 0.3) is 0 Å². The molecule has 3 aromatic carbocycles. The molecule has 0 aromatic heterocycles. The van der Waals surface area contributed by atoms with Gasteiger partial charge in [0, 0.05) is 33.4 Å². The third-order valence-corrected chi connectivity index (χ3v) is 9.15. The quantitative estimate of drug-likeness (QED) is 0.327. The van der Waals surface area contributed by atoms with Gasteiger partial charge in [-0.3, -0.25) is 19.7 Å². The van der Waals surface area contributed by atoms with Gasteiger partial charge in [0.1, 0.15) is 17.5 Å². The lowest BCUT2D eigenvalue weighted by molar-refractivity contribution is -0.124. The van der Waals surface area contributed by atoms with E-state index >= 15 is 4.39 Å². The van der Waals surface area contributed by atoms with Gasteiger partial charge in [0.2, 0.25) is 11.8 Å². The molecule has 1 saturated heterocycles. The molecule has 3 aliphatic rings. The lowest BCUT2D eigenvalue weighted by Gasteiger charge is -2.47. The molecule has 1 aliphatic carbocycles. The summed E-state index contributed by atoms with van der Waals surface area (Å²) in [7, 11) is 0. The highest BCUT2D eigenvalue weighted by Crippen LogP contribution is 2.62. The van der Waals surface area contributed by atoms with E-state index in [4.69, 9.17) is 23.2 Å². The van der Waals surface area contributed by atoms with Crippen molar-refractivity contribution in [1.29, 1.82) is 0 Å². The van der Waals surface area contributed by atoms with Gasteiger partial charge in [-0.1, -0.05) is 60.7 Å². The predicted octanol–water partition coefficient (Wildman–Crippen LogP) is 6.23. The molecule has 2 fully saturated rings. The smallest absolute Gasteiger partial charge is 0.242 e. The van der Waals surface area contributed by atoms with Gasteiger partial charge >= 0.3 is 0 Å². The van der Waals surface area contributed by atoms with Crippen molar-refractivity contribution in [1.82, 2.24) is 5.32 Å². The van der Waals surface area contributed by atoms with E-state index in [1.165, 1.54) is 6.07 Å². The Labute approximate surface area is 235 Å². The number of rotatable bonds is 4. The molecule has 3 N–H and O–H groups in total. The fraction of sp³-hybridized carbons (Fsp3) is 0.300. The number of halogens is 3. The molecule has 39 heavy (non-hydrogen) atoms. The number of hydrogen-bond donors (Lipinski definition) is 3. The molecule has 0 radical (unpaired) electrons. The Balaban J connectivity index is 1.56. The number of amides is 2. The van der Waals surface area contributed by atoms with Crippen LogP contribution in [0.2, 0.25) is 10.0 Å². The summed E-state index contributed by atoms with van der Waals surface area (Å²) in [4.78, 5) is 39.4. The van der Waals surface area contributed by atoms with Gasteiger partial charge in [-0.2, -0.15) is 0 Å². The molecule has 2 amide bonds. The molecule has 3 atom stereocenters. The summed E-state index contributed by atoms with van der Waals surface area (Å²) in [6.45, 7) is 0. The molecule has 0 bridgehead atoms. The number of fused-ring (bicyclic) bond motifs is 3. The third-order valence-electron chi connectivity index (χ3n) is 8.62. The highest BCUT2D eigenvalue weighted by atomic mass is 35.5. The summed E-state index contributed by atoms with van der Waals surface area (Å²) in [5.74, 6) is -2.26. The van der Waals surface area contributed by atoms with Crippen molar-refractivity contribution in [3.05, 3.63) is 93.2 Å². The summed E-state index contributed by atoms with van der Waals surface area (Å²) < 4.78 is 15.9. The second-order valence-electron chi connectivity index (χ2n) is 10.6. The Morgan fingerprint density at radius 3 is 2.49 bits per heavy atom. The van der Waals surface area contributed by atoms with E-state index < -0.39 is 34.6 Å². The lowest BCUT2D eigenvalue weighted by Crippen LogP contribution is -2.60. The first-order valence-corrected chi connectivity index (χ1v) is 13.8. The van der Waals surface area contributed by atoms with Crippen LogP contribution < -0.4 is 16.0 Å². The van der Waals surface area contributed by atoms with Crippen molar-refractivity contribution < 1.29 is 18.8 Å². The minimum atomic E-state index is -1.29. The molecule has 1 saturated carbocycles. The second kappa shape index (κ2) is 9.73. The van der Waals surface area contributed by atoms with Crippen molar-refractivity contribution in [2.24, 2.45) is 0 Å². The van der Waals surface area contributed by atoms with Crippen LogP contribution in [0.1, 0.15) is 59.5 Å². The van der Waals surface area contributed by atoms with Crippen LogP contribution in [0.3, 0.4) is 0 Å². The normalized spacial score (nSPS) is 24.9. The first kappa shape index (κ1) is 26.0. The monoisotopic (exact) mass is 565 g/mol. The number of carbonyl (C=O) groups is 3.